The second-order valence-electron chi connectivity index (χ2n) is 5.15. The molecule has 0 unspecified atom stereocenters. The Labute approximate surface area is 133 Å². The molecular weight excluding hydrogens is 328 g/mol. The summed E-state index contributed by atoms with van der Waals surface area (Å²) in [5.41, 5.74) is 5.41. The van der Waals surface area contributed by atoms with Crippen LogP contribution in [0.25, 0.3) is 0 Å². The Kier molecular flexibility index (Phi) is 5.02. The SMILES string of the molecule is CC(=O)Nc1ccc(C)c(NCc2ccc(C)c(Br)c2)c1. The van der Waals surface area contributed by atoms with Crippen molar-refractivity contribution in [2.24, 2.45) is 0 Å². The lowest BCUT2D eigenvalue weighted by Gasteiger charge is -2.12. The number of anilines is 2. The molecule has 110 valence electrons. The Morgan fingerprint density at radius 3 is 2.48 bits per heavy atom. The normalized spacial score (nSPS) is 10.3. The van der Waals surface area contributed by atoms with Crippen molar-refractivity contribution in [2.75, 3.05) is 10.6 Å². The molecule has 0 saturated heterocycles. The van der Waals surface area contributed by atoms with Crippen molar-refractivity contribution in [3.8, 4) is 0 Å². The van der Waals surface area contributed by atoms with Gasteiger partial charge in [-0.25, -0.2) is 0 Å². The highest BCUT2D eigenvalue weighted by Gasteiger charge is 2.03. The number of halogens is 1. The lowest BCUT2D eigenvalue weighted by Crippen LogP contribution is -2.07. The molecule has 0 aliphatic rings. The van der Waals surface area contributed by atoms with Crippen molar-refractivity contribution in [3.05, 3.63) is 57.6 Å². The minimum atomic E-state index is -0.0627. The van der Waals surface area contributed by atoms with E-state index in [-0.39, 0.29) is 5.91 Å². The third-order valence-electron chi connectivity index (χ3n) is 3.28. The molecular formula is C17H19BrN2O. The number of carbonyl (C=O) groups is 1. The Morgan fingerprint density at radius 2 is 1.81 bits per heavy atom. The maximum Gasteiger partial charge on any atom is 0.221 e. The van der Waals surface area contributed by atoms with Gasteiger partial charge in [0.25, 0.3) is 0 Å². The van der Waals surface area contributed by atoms with Gasteiger partial charge in [0.1, 0.15) is 0 Å². The Bertz CT molecular complexity index is 668. The van der Waals surface area contributed by atoms with Gasteiger partial charge in [0.05, 0.1) is 0 Å². The van der Waals surface area contributed by atoms with Gasteiger partial charge in [0.2, 0.25) is 5.91 Å². The average Bonchev–Trinajstić information content (AvgIpc) is 2.42. The highest BCUT2D eigenvalue weighted by Crippen LogP contribution is 2.22. The third-order valence-corrected chi connectivity index (χ3v) is 4.13. The summed E-state index contributed by atoms with van der Waals surface area (Å²) in [6, 6.07) is 12.2. The van der Waals surface area contributed by atoms with Gasteiger partial charge in [-0.05, 0) is 48.7 Å². The standard InChI is InChI=1S/C17H19BrN2O/c1-11-4-6-14(8-16(11)18)10-19-17-9-15(20-13(3)21)7-5-12(17)2/h4-9,19H,10H2,1-3H3,(H,20,21). The molecule has 0 aliphatic carbocycles. The fraction of sp³-hybridized carbons (Fsp3) is 0.235. The van der Waals surface area contributed by atoms with Crippen LogP contribution in [0.15, 0.2) is 40.9 Å². The van der Waals surface area contributed by atoms with Crippen LogP contribution in [-0.2, 0) is 11.3 Å². The van der Waals surface area contributed by atoms with Crippen LogP contribution in [0.4, 0.5) is 11.4 Å². The quantitative estimate of drug-likeness (QED) is 0.846. The summed E-state index contributed by atoms with van der Waals surface area (Å²) < 4.78 is 1.12. The molecule has 2 aromatic rings. The van der Waals surface area contributed by atoms with Crippen LogP contribution < -0.4 is 10.6 Å². The van der Waals surface area contributed by atoms with E-state index in [4.69, 9.17) is 0 Å². The second-order valence-corrected chi connectivity index (χ2v) is 6.00. The zero-order valence-corrected chi connectivity index (χ0v) is 14.0. The smallest absolute Gasteiger partial charge is 0.221 e. The Balaban J connectivity index is 2.11. The summed E-state index contributed by atoms with van der Waals surface area (Å²) in [7, 11) is 0. The summed E-state index contributed by atoms with van der Waals surface area (Å²) in [5.74, 6) is -0.0627. The van der Waals surface area contributed by atoms with Crippen molar-refractivity contribution in [3.63, 3.8) is 0 Å². The summed E-state index contributed by atoms with van der Waals surface area (Å²) in [6.07, 6.45) is 0. The third kappa shape index (κ3) is 4.33. The number of benzene rings is 2. The predicted octanol–water partition coefficient (Wildman–Crippen LogP) is 4.64. The number of nitrogens with one attached hydrogen (secondary N) is 2. The van der Waals surface area contributed by atoms with Crippen LogP contribution in [-0.4, -0.2) is 5.91 Å². The van der Waals surface area contributed by atoms with E-state index in [9.17, 15) is 4.79 Å². The van der Waals surface area contributed by atoms with E-state index in [1.807, 2.05) is 25.1 Å². The van der Waals surface area contributed by atoms with Crippen LogP contribution >= 0.6 is 15.9 Å². The molecule has 0 bridgehead atoms. The monoisotopic (exact) mass is 346 g/mol. The van der Waals surface area contributed by atoms with Gasteiger partial charge in [0, 0.05) is 29.3 Å². The van der Waals surface area contributed by atoms with E-state index in [0.717, 1.165) is 28.0 Å². The zero-order valence-electron chi connectivity index (χ0n) is 12.5. The molecule has 0 saturated carbocycles. The first-order valence-electron chi connectivity index (χ1n) is 6.83. The van der Waals surface area contributed by atoms with Gasteiger partial charge in [-0.2, -0.15) is 0 Å². The van der Waals surface area contributed by atoms with Gasteiger partial charge in [-0.3, -0.25) is 4.79 Å². The number of hydrogen-bond donors (Lipinski definition) is 2. The van der Waals surface area contributed by atoms with E-state index in [0.29, 0.717) is 0 Å². The molecule has 0 atom stereocenters. The van der Waals surface area contributed by atoms with E-state index >= 15 is 0 Å². The van der Waals surface area contributed by atoms with Gasteiger partial charge in [0.15, 0.2) is 0 Å². The predicted molar refractivity (Wildman–Crippen MR) is 91.7 cm³/mol. The van der Waals surface area contributed by atoms with Crippen LogP contribution in [0.2, 0.25) is 0 Å². The molecule has 0 radical (unpaired) electrons. The van der Waals surface area contributed by atoms with E-state index in [1.165, 1.54) is 18.1 Å². The maximum absolute atomic E-state index is 11.1. The second kappa shape index (κ2) is 6.76. The first kappa shape index (κ1) is 15.6. The van der Waals surface area contributed by atoms with Crippen LogP contribution in [0.5, 0.6) is 0 Å². The fourth-order valence-corrected chi connectivity index (χ4v) is 2.46. The summed E-state index contributed by atoms with van der Waals surface area (Å²) in [5, 5.41) is 6.22. The molecule has 2 rings (SSSR count). The minimum absolute atomic E-state index is 0.0627. The molecule has 2 aromatic carbocycles. The molecule has 0 aromatic heterocycles. The van der Waals surface area contributed by atoms with Crippen molar-refractivity contribution >= 4 is 33.2 Å². The van der Waals surface area contributed by atoms with Crippen molar-refractivity contribution in [1.82, 2.24) is 0 Å². The lowest BCUT2D eigenvalue weighted by molar-refractivity contribution is -0.114. The summed E-state index contributed by atoms with van der Waals surface area (Å²) >= 11 is 3.55. The molecule has 3 nitrogen and oxygen atoms in total. The van der Waals surface area contributed by atoms with E-state index < -0.39 is 0 Å². The number of hydrogen-bond acceptors (Lipinski definition) is 2. The highest BCUT2D eigenvalue weighted by atomic mass is 79.9. The van der Waals surface area contributed by atoms with Crippen molar-refractivity contribution < 1.29 is 4.79 Å². The van der Waals surface area contributed by atoms with E-state index in [2.05, 4.69) is 51.7 Å². The first-order valence-corrected chi connectivity index (χ1v) is 7.62. The largest absolute Gasteiger partial charge is 0.381 e. The summed E-state index contributed by atoms with van der Waals surface area (Å²) in [6.45, 7) is 6.37. The van der Waals surface area contributed by atoms with Crippen molar-refractivity contribution in [2.45, 2.75) is 27.3 Å². The topological polar surface area (TPSA) is 41.1 Å². The van der Waals surface area contributed by atoms with Gasteiger partial charge >= 0.3 is 0 Å². The molecule has 0 spiro atoms. The number of amides is 1. The number of rotatable bonds is 4. The van der Waals surface area contributed by atoms with Crippen molar-refractivity contribution in [1.29, 1.82) is 0 Å². The summed E-state index contributed by atoms with van der Waals surface area (Å²) in [4.78, 5) is 11.1. The van der Waals surface area contributed by atoms with Gasteiger partial charge < -0.3 is 10.6 Å². The zero-order chi connectivity index (χ0) is 15.4. The number of carbonyl (C=O) groups excluding carboxylic acids is 1. The highest BCUT2D eigenvalue weighted by molar-refractivity contribution is 9.10. The fourth-order valence-electron chi connectivity index (χ4n) is 2.04. The lowest BCUT2D eigenvalue weighted by atomic mass is 10.1. The van der Waals surface area contributed by atoms with Crippen LogP contribution in [0, 0.1) is 13.8 Å². The molecule has 4 heteroatoms. The average molecular weight is 347 g/mol. The molecule has 21 heavy (non-hydrogen) atoms. The Morgan fingerprint density at radius 1 is 1.10 bits per heavy atom. The van der Waals surface area contributed by atoms with E-state index in [1.54, 1.807) is 0 Å². The first-order chi connectivity index (χ1) is 9.95. The molecule has 2 N–H and O–H groups in total. The van der Waals surface area contributed by atoms with Crippen LogP contribution in [0.3, 0.4) is 0 Å². The minimum Gasteiger partial charge on any atom is -0.381 e. The molecule has 0 fully saturated rings. The molecule has 0 aliphatic heterocycles. The number of aryl methyl sites for hydroxylation is 2. The molecule has 1 amide bonds. The maximum atomic E-state index is 11.1. The van der Waals surface area contributed by atoms with Gasteiger partial charge in [-0.15, -0.1) is 0 Å². The van der Waals surface area contributed by atoms with Gasteiger partial charge in [-0.1, -0.05) is 34.1 Å². The molecule has 0 heterocycles. The van der Waals surface area contributed by atoms with Crippen LogP contribution in [0.1, 0.15) is 23.6 Å². The Hall–Kier alpha value is -1.81.